The quantitative estimate of drug-likeness (QED) is 0.381. The van der Waals surface area contributed by atoms with Crippen LogP contribution in [0.1, 0.15) is 11.1 Å². The Kier molecular flexibility index (Phi) is 5.23. The number of benzene rings is 2. The van der Waals surface area contributed by atoms with E-state index in [1.54, 1.807) is 0 Å². The zero-order valence-electron chi connectivity index (χ0n) is 12.6. The van der Waals surface area contributed by atoms with Crippen molar-refractivity contribution < 1.29 is 0 Å². The predicted octanol–water partition coefficient (Wildman–Crippen LogP) is 2.97. The molecule has 2 aromatic rings. The third kappa shape index (κ3) is 4.19. The maximum Gasteiger partial charge on any atom is 0.161 e. The van der Waals surface area contributed by atoms with Gasteiger partial charge in [-0.15, -0.1) is 0 Å². The fourth-order valence-electron chi connectivity index (χ4n) is 2.34. The highest BCUT2D eigenvalue weighted by molar-refractivity contribution is 9.06. The van der Waals surface area contributed by atoms with Crippen LogP contribution in [0.3, 0.4) is 0 Å². The molecule has 0 saturated carbocycles. The Morgan fingerprint density at radius 1 is 0.870 bits per heavy atom. The van der Waals surface area contributed by atoms with E-state index in [1.807, 2.05) is 60.7 Å². The molecule has 0 fully saturated rings. The molecule has 0 amide bonds. The normalized spacial score (nSPS) is 13.0. The van der Waals surface area contributed by atoms with Crippen LogP contribution in [0, 0.1) is 10.8 Å². The molecule has 0 atom stereocenters. The van der Waals surface area contributed by atoms with Crippen LogP contribution in [0.15, 0.2) is 60.7 Å². The molecular weight excluding hydrogens is 344 g/mol. The Bertz CT molecular complexity index is 727. The molecular formula is C16H20N4S3. The Balaban J connectivity index is 2.54. The number of rotatable bonds is 4. The summed E-state index contributed by atoms with van der Waals surface area (Å²) in [6.07, 6.45) is 0. The van der Waals surface area contributed by atoms with E-state index in [0.29, 0.717) is 11.5 Å². The third-order valence-electron chi connectivity index (χ3n) is 3.38. The van der Waals surface area contributed by atoms with Gasteiger partial charge in [0, 0.05) is 11.5 Å². The molecule has 2 rings (SSSR count). The highest BCUT2D eigenvalue weighted by Gasteiger charge is 2.39. The van der Waals surface area contributed by atoms with E-state index in [0.717, 1.165) is 21.9 Å². The number of nitrogens with one attached hydrogen (secondary N) is 2. The second kappa shape index (κ2) is 6.82. The first kappa shape index (κ1) is 17.7. The zero-order chi connectivity index (χ0) is 16.9. The minimum atomic E-state index is -3.10. The Morgan fingerprint density at radius 2 is 1.26 bits per heavy atom. The molecule has 7 heteroatoms. The van der Waals surface area contributed by atoms with Gasteiger partial charge in [0.05, 0.1) is 0 Å². The Labute approximate surface area is 144 Å². The fourth-order valence-corrected chi connectivity index (χ4v) is 9.28. The summed E-state index contributed by atoms with van der Waals surface area (Å²) >= 11 is 6.03. The van der Waals surface area contributed by atoms with Crippen LogP contribution >= 0.6 is 10.8 Å². The average Bonchev–Trinajstić information content (AvgIpc) is 2.48. The fraction of sp³-hybridized carbons (Fsp3) is 0.125. The molecule has 0 aliphatic rings. The summed E-state index contributed by atoms with van der Waals surface area (Å²) in [5, 5.41) is 15.8. The molecule has 4 nitrogen and oxygen atoms in total. The first-order valence-electron chi connectivity index (χ1n) is 6.92. The highest BCUT2D eigenvalue weighted by Crippen LogP contribution is 2.46. The maximum absolute atomic E-state index is 8.24. The Morgan fingerprint density at radius 3 is 1.57 bits per heavy atom. The molecule has 0 bridgehead atoms. The molecule has 0 saturated heterocycles. The lowest BCUT2D eigenvalue weighted by Crippen LogP contribution is -2.46. The molecule has 0 aliphatic heterocycles. The molecule has 0 radical (unpaired) electrons. The van der Waals surface area contributed by atoms with Crippen molar-refractivity contribution in [2.45, 2.75) is 11.5 Å². The van der Waals surface area contributed by atoms with Crippen LogP contribution in [0.5, 0.6) is 0 Å². The van der Waals surface area contributed by atoms with Crippen molar-refractivity contribution in [3.8, 4) is 0 Å². The maximum atomic E-state index is 8.24. The van der Waals surface area contributed by atoms with Gasteiger partial charge >= 0.3 is 0 Å². The second-order valence-electron chi connectivity index (χ2n) is 5.27. The molecule has 0 aliphatic carbocycles. The highest BCUT2D eigenvalue weighted by atomic mass is 33.4. The lowest BCUT2D eigenvalue weighted by molar-refractivity contribution is 1.33. The lowest BCUT2D eigenvalue weighted by Gasteiger charge is -2.43. The first-order chi connectivity index (χ1) is 10.8. The summed E-state index contributed by atoms with van der Waals surface area (Å²) in [6, 6.07) is 19.5. The van der Waals surface area contributed by atoms with Gasteiger partial charge in [0.1, 0.15) is 5.17 Å². The topological polar surface area (TPSA) is 99.7 Å². The van der Waals surface area contributed by atoms with E-state index in [2.05, 4.69) is 0 Å². The van der Waals surface area contributed by atoms with Crippen LogP contribution in [0.4, 0.5) is 0 Å². The molecule has 122 valence electrons. The standard InChI is InChI=1S/C16H20N4S3/c17-15(18)22-23(21,16(19)20,11-13-7-3-1-4-8-13)12-14-9-5-2-6-10-14/h1-10H,11-12H2,(H3,17,18)(H3,19,20). The van der Waals surface area contributed by atoms with Gasteiger partial charge < -0.3 is 11.5 Å². The summed E-state index contributed by atoms with van der Waals surface area (Å²) < 4.78 is 0. The van der Waals surface area contributed by atoms with Crippen molar-refractivity contribution in [1.29, 1.82) is 10.8 Å². The predicted molar refractivity (Wildman–Crippen MR) is 106 cm³/mol. The second-order valence-corrected chi connectivity index (χ2v) is 15.3. The van der Waals surface area contributed by atoms with Crippen molar-refractivity contribution in [3.05, 3.63) is 71.8 Å². The molecule has 6 N–H and O–H groups in total. The average molecular weight is 365 g/mol. The number of hydrogen-bond donors (Lipinski definition) is 4. The molecule has 0 heterocycles. The summed E-state index contributed by atoms with van der Waals surface area (Å²) in [5.41, 5.74) is 13.7. The van der Waals surface area contributed by atoms with Crippen molar-refractivity contribution in [2.24, 2.45) is 11.5 Å². The first-order valence-corrected chi connectivity index (χ1v) is 11.6. The van der Waals surface area contributed by atoms with Gasteiger partial charge in [-0.25, -0.2) is 0 Å². The minimum absolute atomic E-state index is 0.0510. The lowest BCUT2D eigenvalue weighted by atomic mass is 10.2. The minimum Gasteiger partial charge on any atom is -0.379 e. The van der Waals surface area contributed by atoms with Gasteiger partial charge in [-0.05, 0) is 21.9 Å². The monoisotopic (exact) mass is 364 g/mol. The van der Waals surface area contributed by atoms with Crippen molar-refractivity contribution >= 4 is 39.1 Å². The summed E-state index contributed by atoms with van der Waals surface area (Å²) in [7, 11) is 1.08. The smallest absolute Gasteiger partial charge is 0.161 e. The van der Waals surface area contributed by atoms with Crippen molar-refractivity contribution in [2.75, 3.05) is 0 Å². The van der Waals surface area contributed by atoms with Crippen LogP contribution < -0.4 is 11.5 Å². The zero-order valence-corrected chi connectivity index (χ0v) is 15.0. The van der Waals surface area contributed by atoms with Crippen LogP contribution in [-0.4, -0.2) is 10.3 Å². The molecule has 23 heavy (non-hydrogen) atoms. The van der Waals surface area contributed by atoms with E-state index in [4.69, 9.17) is 33.5 Å². The third-order valence-corrected chi connectivity index (χ3v) is 11.6. The molecule has 0 unspecified atom stereocenters. The van der Waals surface area contributed by atoms with Crippen LogP contribution in [0.2, 0.25) is 0 Å². The van der Waals surface area contributed by atoms with Crippen molar-refractivity contribution in [1.82, 2.24) is 0 Å². The SMILES string of the molecule is N=C(N)SS(=S)(Cc1ccccc1)(Cc1ccccc1)C(=N)N. The van der Waals surface area contributed by atoms with E-state index < -0.39 is 6.75 Å². The van der Waals surface area contributed by atoms with Gasteiger partial charge in [0.15, 0.2) is 5.17 Å². The summed E-state index contributed by atoms with van der Waals surface area (Å²) in [4.78, 5) is 0. The molecule has 2 aromatic carbocycles. The van der Waals surface area contributed by atoms with E-state index >= 15 is 0 Å². The van der Waals surface area contributed by atoms with Gasteiger partial charge in [0.2, 0.25) is 0 Å². The van der Waals surface area contributed by atoms with Gasteiger partial charge in [-0.3, -0.25) is 10.8 Å². The number of nitrogens with two attached hydrogens (primary N) is 2. The van der Waals surface area contributed by atoms with Gasteiger partial charge in [-0.2, -0.15) is 0 Å². The van der Waals surface area contributed by atoms with E-state index in [-0.39, 0.29) is 10.3 Å². The van der Waals surface area contributed by atoms with E-state index in [1.165, 1.54) is 0 Å². The van der Waals surface area contributed by atoms with Gasteiger partial charge in [0.25, 0.3) is 0 Å². The van der Waals surface area contributed by atoms with Crippen molar-refractivity contribution in [3.63, 3.8) is 0 Å². The molecule has 0 aromatic heterocycles. The summed E-state index contributed by atoms with van der Waals surface area (Å²) in [5.74, 6) is 0.893. The van der Waals surface area contributed by atoms with Crippen LogP contribution in [0.25, 0.3) is 0 Å². The Hall–Kier alpha value is -1.70. The van der Waals surface area contributed by atoms with Crippen LogP contribution in [-0.2, 0) is 29.4 Å². The largest absolute Gasteiger partial charge is 0.379 e. The van der Waals surface area contributed by atoms with E-state index in [9.17, 15) is 0 Å². The van der Waals surface area contributed by atoms with Gasteiger partial charge in [-0.1, -0.05) is 78.6 Å². The molecule has 0 spiro atoms. The number of amidine groups is 2. The number of hydrogen-bond acceptors (Lipinski definition) is 4. The summed E-state index contributed by atoms with van der Waals surface area (Å²) in [6.45, 7) is -3.10.